The SMILES string of the molecule is Cc1ccc(-c2nc(C#N)c([N+](C)(C)C)o2)cc1. The normalized spacial score (nSPS) is 11.3. The van der Waals surface area contributed by atoms with Gasteiger partial charge in [-0.2, -0.15) is 10.2 Å². The molecule has 0 aliphatic heterocycles. The summed E-state index contributed by atoms with van der Waals surface area (Å²) in [5.74, 6) is 1.07. The minimum Gasteiger partial charge on any atom is -0.391 e. The fourth-order valence-corrected chi connectivity index (χ4v) is 1.66. The van der Waals surface area contributed by atoms with E-state index >= 15 is 0 Å². The van der Waals surface area contributed by atoms with Gasteiger partial charge in [-0.25, -0.2) is 0 Å². The number of benzene rings is 1. The number of aromatic nitrogens is 1. The van der Waals surface area contributed by atoms with Gasteiger partial charge in [-0.3, -0.25) is 4.48 Å². The van der Waals surface area contributed by atoms with Crippen LogP contribution in [0.4, 0.5) is 5.88 Å². The molecule has 1 heterocycles. The Morgan fingerprint density at radius 2 is 1.78 bits per heavy atom. The van der Waals surface area contributed by atoms with E-state index in [1.165, 1.54) is 5.56 Å². The van der Waals surface area contributed by atoms with Gasteiger partial charge in [0.2, 0.25) is 11.6 Å². The van der Waals surface area contributed by atoms with Crippen LogP contribution < -0.4 is 4.48 Å². The van der Waals surface area contributed by atoms with Crippen molar-refractivity contribution in [2.45, 2.75) is 6.92 Å². The van der Waals surface area contributed by atoms with Gasteiger partial charge in [-0.15, -0.1) is 0 Å². The van der Waals surface area contributed by atoms with E-state index in [0.717, 1.165) is 5.56 Å². The molecule has 0 saturated heterocycles. The number of nitrogens with zero attached hydrogens (tertiary/aromatic N) is 3. The van der Waals surface area contributed by atoms with Crippen molar-refractivity contribution in [3.05, 3.63) is 35.5 Å². The highest BCUT2D eigenvalue weighted by Crippen LogP contribution is 2.29. The number of hydrogen-bond donors (Lipinski definition) is 0. The molecular formula is C14H16N3O+. The smallest absolute Gasteiger partial charge is 0.335 e. The first kappa shape index (κ1) is 12.3. The molecule has 1 aromatic carbocycles. The predicted molar refractivity (Wildman–Crippen MR) is 71.0 cm³/mol. The van der Waals surface area contributed by atoms with Crippen molar-refractivity contribution in [3.8, 4) is 17.5 Å². The molecule has 18 heavy (non-hydrogen) atoms. The molecule has 92 valence electrons. The van der Waals surface area contributed by atoms with Crippen molar-refractivity contribution in [1.82, 2.24) is 9.47 Å². The summed E-state index contributed by atoms with van der Waals surface area (Å²) < 4.78 is 6.17. The van der Waals surface area contributed by atoms with Crippen molar-refractivity contribution in [1.29, 1.82) is 5.26 Å². The van der Waals surface area contributed by atoms with Crippen LogP contribution in [0.3, 0.4) is 0 Å². The summed E-state index contributed by atoms with van der Waals surface area (Å²) in [5, 5.41) is 9.10. The maximum absolute atomic E-state index is 9.10. The van der Waals surface area contributed by atoms with E-state index in [0.29, 0.717) is 22.0 Å². The van der Waals surface area contributed by atoms with E-state index in [1.54, 1.807) is 0 Å². The number of quaternary nitrogens is 1. The summed E-state index contributed by atoms with van der Waals surface area (Å²) in [6.45, 7) is 2.03. The van der Waals surface area contributed by atoms with E-state index in [4.69, 9.17) is 9.68 Å². The topological polar surface area (TPSA) is 49.8 Å². The van der Waals surface area contributed by atoms with Crippen LogP contribution in [-0.4, -0.2) is 26.1 Å². The van der Waals surface area contributed by atoms with Crippen LogP contribution in [-0.2, 0) is 0 Å². The van der Waals surface area contributed by atoms with Gasteiger partial charge in [-0.05, 0) is 19.1 Å². The standard InChI is InChI=1S/C14H16N3O/c1-10-5-7-11(8-6-10)13-16-12(9-15)14(18-13)17(2,3)4/h5-8H,1-4H3/q+1. The second-order valence-corrected chi connectivity index (χ2v) is 5.16. The fourth-order valence-electron chi connectivity index (χ4n) is 1.66. The van der Waals surface area contributed by atoms with Crippen LogP contribution in [0.2, 0.25) is 0 Å². The summed E-state index contributed by atoms with van der Waals surface area (Å²) in [5.41, 5.74) is 2.41. The average Bonchev–Trinajstić information content (AvgIpc) is 2.73. The van der Waals surface area contributed by atoms with Crippen LogP contribution in [0.15, 0.2) is 28.7 Å². The van der Waals surface area contributed by atoms with Crippen LogP contribution in [0.1, 0.15) is 11.3 Å². The molecular weight excluding hydrogens is 226 g/mol. The summed E-state index contributed by atoms with van der Waals surface area (Å²) >= 11 is 0. The Hall–Kier alpha value is -2.12. The monoisotopic (exact) mass is 242 g/mol. The molecule has 0 bridgehead atoms. The van der Waals surface area contributed by atoms with E-state index in [2.05, 4.69) is 11.1 Å². The summed E-state index contributed by atoms with van der Waals surface area (Å²) in [7, 11) is 5.83. The molecule has 0 N–H and O–H groups in total. The van der Waals surface area contributed by atoms with E-state index < -0.39 is 0 Å². The van der Waals surface area contributed by atoms with Gasteiger partial charge >= 0.3 is 5.88 Å². The lowest BCUT2D eigenvalue weighted by Gasteiger charge is -2.18. The van der Waals surface area contributed by atoms with Crippen molar-refractivity contribution in [2.24, 2.45) is 0 Å². The van der Waals surface area contributed by atoms with Gasteiger partial charge in [0, 0.05) is 5.56 Å². The van der Waals surface area contributed by atoms with Gasteiger partial charge in [0.25, 0.3) is 0 Å². The first-order valence-electron chi connectivity index (χ1n) is 5.72. The average molecular weight is 242 g/mol. The maximum Gasteiger partial charge on any atom is 0.335 e. The number of nitriles is 1. The molecule has 4 nitrogen and oxygen atoms in total. The molecule has 0 aliphatic rings. The summed E-state index contributed by atoms with van der Waals surface area (Å²) in [6, 6.07) is 9.97. The van der Waals surface area contributed by atoms with Gasteiger partial charge < -0.3 is 4.42 Å². The molecule has 0 aliphatic carbocycles. The van der Waals surface area contributed by atoms with Crippen LogP contribution in [0.25, 0.3) is 11.5 Å². The summed E-state index contributed by atoms with van der Waals surface area (Å²) in [6.07, 6.45) is 0. The Bertz CT molecular complexity index is 597. The zero-order valence-electron chi connectivity index (χ0n) is 11.1. The Balaban J connectivity index is 2.52. The lowest BCUT2D eigenvalue weighted by atomic mass is 10.1. The third kappa shape index (κ3) is 2.27. The van der Waals surface area contributed by atoms with Gasteiger partial charge in [0.1, 0.15) is 6.07 Å². The Morgan fingerprint density at radius 1 is 1.17 bits per heavy atom. The second kappa shape index (κ2) is 4.28. The minimum absolute atomic E-state index is 0.345. The predicted octanol–water partition coefficient (Wildman–Crippen LogP) is 2.72. The molecule has 4 heteroatoms. The number of oxazole rings is 1. The molecule has 0 amide bonds. The zero-order chi connectivity index (χ0) is 13.3. The van der Waals surface area contributed by atoms with E-state index in [1.807, 2.05) is 52.3 Å². The lowest BCUT2D eigenvalue weighted by Crippen LogP contribution is -2.35. The van der Waals surface area contributed by atoms with E-state index in [9.17, 15) is 0 Å². The third-order valence-electron chi connectivity index (χ3n) is 2.62. The van der Waals surface area contributed by atoms with Gasteiger partial charge in [0.05, 0.1) is 21.1 Å². The third-order valence-corrected chi connectivity index (χ3v) is 2.62. The van der Waals surface area contributed by atoms with Crippen molar-refractivity contribution >= 4 is 5.88 Å². The Kier molecular flexibility index (Phi) is 2.93. The molecule has 1 aromatic heterocycles. The largest absolute Gasteiger partial charge is 0.391 e. The van der Waals surface area contributed by atoms with Gasteiger partial charge in [0.15, 0.2) is 0 Å². The van der Waals surface area contributed by atoms with Crippen molar-refractivity contribution in [2.75, 3.05) is 21.1 Å². The molecule has 0 atom stereocenters. The first-order valence-corrected chi connectivity index (χ1v) is 5.72. The maximum atomic E-state index is 9.10. The lowest BCUT2D eigenvalue weighted by molar-refractivity contribution is 0.385. The quantitative estimate of drug-likeness (QED) is 0.761. The highest BCUT2D eigenvalue weighted by atomic mass is 16.4. The highest BCUT2D eigenvalue weighted by molar-refractivity contribution is 5.58. The molecule has 0 saturated carbocycles. The summed E-state index contributed by atoms with van der Waals surface area (Å²) in [4.78, 5) is 4.25. The molecule has 0 unspecified atom stereocenters. The van der Waals surface area contributed by atoms with E-state index in [-0.39, 0.29) is 0 Å². The second-order valence-electron chi connectivity index (χ2n) is 5.16. The number of rotatable bonds is 2. The van der Waals surface area contributed by atoms with Crippen molar-refractivity contribution in [3.63, 3.8) is 0 Å². The van der Waals surface area contributed by atoms with Crippen LogP contribution >= 0.6 is 0 Å². The van der Waals surface area contributed by atoms with Crippen molar-refractivity contribution < 1.29 is 4.42 Å². The van der Waals surface area contributed by atoms with Crippen LogP contribution in [0, 0.1) is 18.3 Å². The van der Waals surface area contributed by atoms with Gasteiger partial charge in [-0.1, -0.05) is 17.7 Å². The Labute approximate surface area is 107 Å². The highest BCUT2D eigenvalue weighted by Gasteiger charge is 2.26. The minimum atomic E-state index is 0.345. The fraction of sp³-hybridized carbons (Fsp3) is 0.286. The first-order chi connectivity index (χ1) is 8.41. The molecule has 0 radical (unpaired) electrons. The number of aryl methyl sites for hydroxylation is 1. The molecule has 2 rings (SSSR count). The number of hydrogen-bond acceptors (Lipinski definition) is 3. The molecule has 0 fully saturated rings. The molecule has 2 aromatic rings. The zero-order valence-corrected chi connectivity index (χ0v) is 11.1. The molecule has 0 spiro atoms. The Morgan fingerprint density at radius 3 is 2.22 bits per heavy atom. The van der Waals surface area contributed by atoms with Crippen LogP contribution in [0.5, 0.6) is 0 Å².